The van der Waals surface area contributed by atoms with Gasteiger partial charge in [0.25, 0.3) is 0 Å². The Morgan fingerprint density at radius 2 is 1.90 bits per heavy atom. The lowest BCUT2D eigenvalue weighted by molar-refractivity contribution is 0.404. The molecule has 1 aliphatic carbocycles. The normalized spacial score (nSPS) is 17.3. The van der Waals surface area contributed by atoms with E-state index in [1.807, 2.05) is 24.3 Å². The smallest absolute Gasteiger partial charge is 0.122 e. The summed E-state index contributed by atoms with van der Waals surface area (Å²) in [5.41, 5.74) is 9.10. The number of halogens is 1. The molecule has 3 rings (SSSR count). The highest BCUT2D eigenvalue weighted by atomic mass is 35.5. The van der Waals surface area contributed by atoms with Crippen LogP contribution in [0, 0.1) is 0 Å². The topological polar surface area (TPSA) is 35.2 Å². The van der Waals surface area contributed by atoms with Crippen molar-refractivity contribution < 1.29 is 4.74 Å². The van der Waals surface area contributed by atoms with E-state index in [9.17, 15) is 0 Å². The maximum Gasteiger partial charge on any atom is 0.122 e. The Bertz CT molecular complexity index is 622. The highest BCUT2D eigenvalue weighted by Gasteiger charge is 2.49. The van der Waals surface area contributed by atoms with E-state index in [0.717, 1.165) is 35.6 Å². The lowest BCUT2D eigenvalue weighted by Gasteiger charge is -2.25. The average Bonchev–Trinajstić information content (AvgIpc) is 3.30. The number of benzene rings is 2. The fourth-order valence-corrected chi connectivity index (χ4v) is 3.31. The number of hydrogen-bond donors (Lipinski definition) is 1. The van der Waals surface area contributed by atoms with Crippen LogP contribution < -0.4 is 10.5 Å². The molecule has 3 heteroatoms. The maximum absolute atomic E-state index is 6.55. The zero-order chi connectivity index (χ0) is 14.9. The largest absolute Gasteiger partial charge is 0.496 e. The molecule has 110 valence electrons. The monoisotopic (exact) mass is 301 g/mol. The van der Waals surface area contributed by atoms with Crippen LogP contribution >= 0.6 is 11.6 Å². The molecule has 1 atom stereocenters. The molecule has 1 aliphatic rings. The predicted octanol–water partition coefficient (Wildman–Crippen LogP) is 3.95. The van der Waals surface area contributed by atoms with Gasteiger partial charge in [-0.3, -0.25) is 0 Å². The molecule has 0 aliphatic heterocycles. The Kier molecular flexibility index (Phi) is 3.92. The zero-order valence-electron chi connectivity index (χ0n) is 12.2. The minimum Gasteiger partial charge on any atom is -0.496 e. The van der Waals surface area contributed by atoms with Crippen molar-refractivity contribution in [2.75, 3.05) is 7.11 Å². The van der Waals surface area contributed by atoms with Gasteiger partial charge in [0.15, 0.2) is 0 Å². The van der Waals surface area contributed by atoms with E-state index in [2.05, 4.69) is 24.3 Å². The van der Waals surface area contributed by atoms with Crippen LogP contribution in [0.4, 0.5) is 0 Å². The van der Waals surface area contributed by atoms with Gasteiger partial charge >= 0.3 is 0 Å². The highest BCUT2D eigenvalue weighted by molar-refractivity contribution is 6.30. The molecule has 0 bridgehead atoms. The first-order valence-corrected chi connectivity index (χ1v) is 7.67. The number of ether oxygens (including phenoxy) is 1. The van der Waals surface area contributed by atoms with Crippen molar-refractivity contribution in [3.8, 4) is 5.75 Å². The van der Waals surface area contributed by atoms with Gasteiger partial charge in [0.05, 0.1) is 7.11 Å². The number of nitrogens with two attached hydrogens (primary N) is 1. The summed E-state index contributed by atoms with van der Waals surface area (Å²) in [5, 5.41) is 0.725. The van der Waals surface area contributed by atoms with Crippen molar-refractivity contribution in [2.24, 2.45) is 5.73 Å². The second-order valence-corrected chi connectivity index (χ2v) is 6.23. The number of methoxy groups -OCH3 is 1. The first kappa shape index (κ1) is 14.4. The minimum absolute atomic E-state index is 0.0762. The first-order chi connectivity index (χ1) is 10.2. The Morgan fingerprint density at radius 3 is 2.52 bits per heavy atom. The standard InChI is InChI=1S/C18H20ClNO/c1-21-16-8-7-15(19)11-13(16)12-17(20)18(9-10-18)14-5-3-2-4-6-14/h2-8,11,17H,9-10,12,20H2,1H3. The first-order valence-electron chi connectivity index (χ1n) is 7.29. The van der Waals surface area contributed by atoms with E-state index in [1.54, 1.807) is 7.11 Å². The van der Waals surface area contributed by atoms with Crippen molar-refractivity contribution in [3.05, 3.63) is 64.7 Å². The average molecular weight is 302 g/mol. The van der Waals surface area contributed by atoms with Gasteiger partial charge < -0.3 is 10.5 Å². The van der Waals surface area contributed by atoms with Crippen LogP contribution in [0.15, 0.2) is 48.5 Å². The van der Waals surface area contributed by atoms with E-state index < -0.39 is 0 Å². The molecule has 0 saturated heterocycles. The van der Waals surface area contributed by atoms with E-state index in [-0.39, 0.29) is 11.5 Å². The second kappa shape index (κ2) is 5.70. The van der Waals surface area contributed by atoms with Crippen LogP contribution in [0.3, 0.4) is 0 Å². The third-order valence-electron chi connectivity index (χ3n) is 4.53. The summed E-state index contributed by atoms with van der Waals surface area (Å²) < 4.78 is 5.43. The zero-order valence-corrected chi connectivity index (χ0v) is 12.9. The number of hydrogen-bond acceptors (Lipinski definition) is 2. The molecule has 1 fully saturated rings. The van der Waals surface area contributed by atoms with Crippen LogP contribution in [0.5, 0.6) is 5.75 Å². The van der Waals surface area contributed by atoms with Gasteiger partial charge in [-0.1, -0.05) is 41.9 Å². The summed E-state index contributed by atoms with van der Waals surface area (Å²) in [4.78, 5) is 0. The van der Waals surface area contributed by atoms with Crippen molar-refractivity contribution in [1.82, 2.24) is 0 Å². The van der Waals surface area contributed by atoms with Crippen molar-refractivity contribution in [2.45, 2.75) is 30.7 Å². The van der Waals surface area contributed by atoms with Gasteiger partial charge in [-0.05, 0) is 48.6 Å². The molecule has 21 heavy (non-hydrogen) atoms. The Balaban J connectivity index is 1.84. The third kappa shape index (κ3) is 2.78. The highest BCUT2D eigenvalue weighted by Crippen LogP contribution is 2.51. The molecule has 0 heterocycles. The maximum atomic E-state index is 6.55. The molecule has 0 spiro atoms. The minimum atomic E-state index is 0.0762. The van der Waals surface area contributed by atoms with Crippen LogP contribution in [-0.4, -0.2) is 13.2 Å². The van der Waals surface area contributed by atoms with Gasteiger partial charge in [0.1, 0.15) is 5.75 Å². The fourth-order valence-electron chi connectivity index (χ4n) is 3.12. The van der Waals surface area contributed by atoms with Gasteiger partial charge in [-0.2, -0.15) is 0 Å². The predicted molar refractivity (Wildman–Crippen MR) is 87.0 cm³/mol. The third-order valence-corrected chi connectivity index (χ3v) is 4.76. The van der Waals surface area contributed by atoms with Gasteiger partial charge in [-0.25, -0.2) is 0 Å². The molecule has 1 unspecified atom stereocenters. The molecule has 2 N–H and O–H groups in total. The lowest BCUT2D eigenvalue weighted by atomic mass is 9.85. The van der Waals surface area contributed by atoms with Crippen molar-refractivity contribution >= 4 is 11.6 Å². The molecule has 0 radical (unpaired) electrons. The fraction of sp³-hybridized carbons (Fsp3) is 0.333. The van der Waals surface area contributed by atoms with Crippen LogP contribution in [-0.2, 0) is 11.8 Å². The summed E-state index contributed by atoms with van der Waals surface area (Å²) in [5.74, 6) is 0.860. The van der Waals surface area contributed by atoms with Gasteiger partial charge in [-0.15, -0.1) is 0 Å². The molecule has 0 amide bonds. The Hall–Kier alpha value is -1.51. The van der Waals surface area contributed by atoms with Crippen LogP contribution in [0.1, 0.15) is 24.0 Å². The Morgan fingerprint density at radius 1 is 1.19 bits per heavy atom. The van der Waals surface area contributed by atoms with Crippen LogP contribution in [0.25, 0.3) is 0 Å². The molecule has 2 aromatic rings. The summed E-state index contributed by atoms with van der Waals surface area (Å²) in [6, 6.07) is 16.4. The van der Waals surface area contributed by atoms with E-state index >= 15 is 0 Å². The van der Waals surface area contributed by atoms with Crippen LogP contribution in [0.2, 0.25) is 5.02 Å². The quantitative estimate of drug-likeness (QED) is 0.907. The Labute approximate surface area is 130 Å². The summed E-state index contributed by atoms with van der Waals surface area (Å²) in [6.07, 6.45) is 3.08. The number of rotatable bonds is 5. The second-order valence-electron chi connectivity index (χ2n) is 5.79. The van der Waals surface area contributed by atoms with E-state index in [4.69, 9.17) is 22.1 Å². The molecular formula is C18H20ClNO. The van der Waals surface area contributed by atoms with Crippen molar-refractivity contribution in [3.63, 3.8) is 0 Å². The van der Waals surface area contributed by atoms with Gasteiger partial charge in [0.2, 0.25) is 0 Å². The summed E-state index contributed by atoms with van der Waals surface area (Å²) >= 11 is 6.11. The molecule has 2 nitrogen and oxygen atoms in total. The molecular weight excluding hydrogens is 282 g/mol. The molecule has 2 aromatic carbocycles. The molecule has 0 aromatic heterocycles. The van der Waals surface area contributed by atoms with Gasteiger partial charge in [0, 0.05) is 16.5 Å². The lowest BCUT2D eigenvalue weighted by Crippen LogP contribution is -2.36. The van der Waals surface area contributed by atoms with E-state index in [1.165, 1.54) is 5.56 Å². The molecule has 1 saturated carbocycles. The summed E-state index contributed by atoms with van der Waals surface area (Å²) in [6.45, 7) is 0. The SMILES string of the molecule is COc1ccc(Cl)cc1CC(N)C1(c2ccccc2)CC1. The summed E-state index contributed by atoms with van der Waals surface area (Å²) in [7, 11) is 1.68. The van der Waals surface area contributed by atoms with Crippen molar-refractivity contribution in [1.29, 1.82) is 0 Å². The van der Waals surface area contributed by atoms with E-state index in [0.29, 0.717) is 0 Å².